The molecule has 0 radical (unpaired) electrons. The Bertz CT molecular complexity index is 176. The Morgan fingerprint density at radius 2 is 2.12 bits per heavy atom. The van der Waals surface area contributed by atoms with E-state index >= 15 is 0 Å². The lowest BCUT2D eigenvalue weighted by Crippen LogP contribution is -1.90. The van der Waals surface area contributed by atoms with Gasteiger partial charge in [0.2, 0.25) is 0 Å². The number of halogens is 1. The molecule has 1 rings (SSSR count). The topological polar surface area (TPSA) is 30.2 Å². The molecule has 8 heavy (non-hydrogen) atoms. The van der Waals surface area contributed by atoms with Gasteiger partial charge in [-0.15, -0.1) is 12.4 Å². The van der Waals surface area contributed by atoms with Crippen molar-refractivity contribution in [3.8, 4) is 0 Å². The zero-order chi connectivity index (χ0) is 5.11. The van der Waals surface area contributed by atoms with Crippen molar-refractivity contribution in [2.45, 2.75) is 0 Å². The van der Waals surface area contributed by atoms with Crippen molar-refractivity contribution in [1.82, 2.24) is 0 Å². The molecule has 3 heteroatoms. The summed E-state index contributed by atoms with van der Waals surface area (Å²) in [5, 5.41) is 0. The van der Waals surface area contributed by atoms with Crippen molar-refractivity contribution in [1.29, 1.82) is 0 Å². The summed E-state index contributed by atoms with van der Waals surface area (Å²) in [6.07, 6.45) is 1.35. The van der Waals surface area contributed by atoms with E-state index in [0.717, 1.165) is 0 Å². The smallest absolute Gasteiger partial charge is 0.335 e. The van der Waals surface area contributed by atoms with Crippen molar-refractivity contribution in [3.63, 3.8) is 0 Å². The molecule has 44 valence electrons. The van der Waals surface area contributed by atoms with Crippen LogP contribution in [0, 0.1) is 0 Å². The third-order valence-electron chi connectivity index (χ3n) is 0.606. The minimum Gasteiger partial charge on any atom is -0.431 e. The van der Waals surface area contributed by atoms with E-state index in [1.165, 1.54) is 12.3 Å². The maximum Gasteiger partial charge on any atom is 0.335 e. The van der Waals surface area contributed by atoms with Crippen molar-refractivity contribution in [3.05, 3.63) is 34.9 Å². The predicted molar refractivity (Wildman–Crippen MR) is 32.2 cm³/mol. The molecular formula is C5H5ClO2. The highest BCUT2D eigenvalue weighted by atomic mass is 35.5. The Balaban J connectivity index is 0.000000490. The van der Waals surface area contributed by atoms with Crippen LogP contribution in [0.4, 0.5) is 0 Å². The Labute approximate surface area is 52.6 Å². The fraction of sp³-hybridized carbons (Fsp3) is 0. The van der Waals surface area contributed by atoms with Crippen molar-refractivity contribution < 1.29 is 4.42 Å². The van der Waals surface area contributed by atoms with Gasteiger partial charge < -0.3 is 4.42 Å². The summed E-state index contributed by atoms with van der Waals surface area (Å²) >= 11 is 0. The first-order valence-corrected chi connectivity index (χ1v) is 1.93. The van der Waals surface area contributed by atoms with Gasteiger partial charge in [-0.2, -0.15) is 0 Å². The Hall–Kier alpha value is -0.760. The summed E-state index contributed by atoms with van der Waals surface area (Å²) in [4.78, 5) is 10.1. The van der Waals surface area contributed by atoms with E-state index in [4.69, 9.17) is 0 Å². The highest BCUT2D eigenvalue weighted by molar-refractivity contribution is 5.85. The summed E-state index contributed by atoms with van der Waals surface area (Å²) in [5.74, 6) is 0. The Morgan fingerprint density at radius 1 is 1.38 bits per heavy atom. The highest BCUT2D eigenvalue weighted by Crippen LogP contribution is 1.72. The largest absolute Gasteiger partial charge is 0.431 e. The molecule has 1 aromatic heterocycles. The standard InChI is InChI=1S/C5H4O2.ClH/c6-5-3-1-2-4-7-5;/h1-4H;1H. The van der Waals surface area contributed by atoms with Gasteiger partial charge in [0.25, 0.3) is 0 Å². The number of hydrogen-bond donors (Lipinski definition) is 0. The molecule has 0 spiro atoms. The zero-order valence-corrected chi connectivity index (χ0v) is 4.85. The summed E-state index contributed by atoms with van der Waals surface area (Å²) in [5.41, 5.74) is -0.303. The second-order valence-electron chi connectivity index (χ2n) is 1.12. The van der Waals surface area contributed by atoms with Crippen LogP contribution in [0.2, 0.25) is 0 Å². The molecule has 0 unspecified atom stereocenters. The Morgan fingerprint density at radius 3 is 2.38 bits per heavy atom. The van der Waals surface area contributed by atoms with Crippen molar-refractivity contribution in [2.24, 2.45) is 0 Å². The molecule has 1 heterocycles. The van der Waals surface area contributed by atoms with Gasteiger partial charge in [-0.1, -0.05) is 6.07 Å². The molecule has 0 N–H and O–H groups in total. The van der Waals surface area contributed by atoms with Crippen molar-refractivity contribution in [2.75, 3.05) is 0 Å². The molecule has 0 atom stereocenters. The van der Waals surface area contributed by atoms with Gasteiger partial charge >= 0.3 is 5.63 Å². The molecule has 0 saturated carbocycles. The quantitative estimate of drug-likeness (QED) is 0.529. The van der Waals surface area contributed by atoms with Crippen molar-refractivity contribution >= 4 is 12.4 Å². The number of hydrogen-bond acceptors (Lipinski definition) is 2. The van der Waals surface area contributed by atoms with E-state index in [0.29, 0.717) is 0 Å². The van der Waals surface area contributed by atoms with Crippen LogP contribution < -0.4 is 5.63 Å². The van der Waals surface area contributed by atoms with Gasteiger partial charge in [-0.05, 0) is 6.07 Å². The minimum atomic E-state index is -0.303. The molecule has 0 amide bonds. The first kappa shape index (κ1) is 7.24. The average molecular weight is 133 g/mol. The average Bonchev–Trinajstić information content (AvgIpc) is 1.69. The third kappa shape index (κ3) is 1.80. The minimum absolute atomic E-state index is 0. The molecule has 0 aliphatic heterocycles. The van der Waals surface area contributed by atoms with Gasteiger partial charge in [0.15, 0.2) is 0 Å². The molecule has 0 fully saturated rings. The monoisotopic (exact) mass is 132 g/mol. The summed E-state index contributed by atoms with van der Waals surface area (Å²) in [6.45, 7) is 0. The summed E-state index contributed by atoms with van der Waals surface area (Å²) in [6, 6.07) is 4.65. The lowest BCUT2D eigenvalue weighted by Gasteiger charge is -1.72. The molecule has 0 aliphatic carbocycles. The van der Waals surface area contributed by atoms with Crippen LogP contribution in [-0.4, -0.2) is 0 Å². The first-order valence-electron chi connectivity index (χ1n) is 1.93. The van der Waals surface area contributed by atoms with Gasteiger partial charge in [0, 0.05) is 6.07 Å². The maximum absolute atomic E-state index is 10.1. The predicted octanol–water partition coefficient (Wildman–Crippen LogP) is 1.06. The first-order chi connectivity index (χ1) is 3.39. The van der Waals surface area contributed by atoms with E-state index in [2.05, 4.69) is 4.42 Å². The van der Waals surface area contributed by atoms with Crippen LogP contribution in [-0.2, 0) is 0 Å². The fourth-order valence-electron chi connectivity index (χ4n) is 0.325. The van der Waals surface area contributed by atoms with E-state index in [9.17, 15) is 4.79 Å². The SMILES string of the molecule is Cl.O=c1cccco1. The van der Waals surface area contributed by atoms with E-state index in [-0.39, 0.29) is 18.0 Å². The molecular weight excluding hydrogens is 128 g/mol. The Kier molecular flexibility index (Phi) is 2.96. The lowest BCUT2D eigenvalue weighted by molar-refractivity contribution is 0.511. The molecule has 0 bridgehead atoms. The van der Waals surface area contributed by atoms with Crippen LogP contribution in [0.5, 0.6) is 0 Å². The third-order valence-corrected chi connectivity index (χ3v) is 0.606. The summed E-state index contributed by atoms with van der Waals surface area (Å²) in [7, 11) is 0. The van der Waals surface area contributed by atoms with E-state index in [1.54, 1.807) is 12.1 Å². The van der Waals surface area contributed by atoms with E-state index < -0.39 is 0 Å². The van der Waals surface area contributed by atoms with Crippen LogP contribution in [0.25, 0.3) is 0 Å². The van der Waals surface area contributed by atoms with Crippen LogP contribution in [0.1, 0.15) is 0 Å². The lowest BCUT2D eigenvalue weighted by atomic mass is 10.5. The molecule has 0 aromatic carbocycles. The van der Waals surface area contributed by atoms with Gasteiger partial charge in [-0.3, -0.25) is 0 Å². The van der Waals surface area contributed by atoms with Gasteiger partial charge in [0.05, 0.1) is 6.26 Å². The normalized spacial score (nSPS) is 7.50. The highest BCUT2D eigenvalue weighted by Gasteiger charge is 1.72. The van der Waals surface area contributed by atoms with Gasteiger partial charge in [0.1, 0.15) is 0 Å². The molecule has 1 aromatic rings. The fourth-order valence-corrected chi connectivity index (χ4v) is 0.325. The zero-order valence-electron chi connectivity index (χ0n) is 4.03. The van der Waals surface area contributed by atoms with Crippen LogP contribution in [0.3, 0.4) is 0 Å². The van der Waals surface area contributed by atoms with Crippen LogP contribution in [0.15, 0.2) is 33.7 Å². The second-order valence-corrected chi connectivity index (χ2v) is 1.12. The summed E-state index contributed by atoms with van der Waals surface area (Å²) < 4.78 is 4.37. The molecule has 2 nitrogen and oxygen atoms in total. The van der Waals surface area contributed by atoms with Gasteiger partial charge in [-0.25, -0.2) is 4.79 Å². The van der Waals surface area contributed by atoms with Crippen LogP contribution >= 0.6 is 12.4 Å². The number of rotatable bonds is 0. The van der Waals surface area contributed by atoms with E-state index in [1.807, 2.05) is 0 Å². The molecule has 0 aliphatic rings. The maximum atomic E-state index is 10.1. The molecule has 0 saturated heterocycles. The second kappa shape index (κ2) is 3.27.